The molecular formula is C17H17F3N2O2. The van der Waals surface area contributed by atoms with Crippen molar-refractivity contribution < 1.29 is 22.7 Å². The number of rotatable bonds is 5. The molecule has 0 unspecified atom stereocenters. The molecule has 1 aromatic carbocycles. The number of amides is 1. The van der Waals surface area contributed by atoms with E-state index in [0.717, 1.165) is 11.6 Å². The van der Waals surface area contributed by atoms with Gasteiger partial charge in [-0.15, -0.1) is 0 Å². The molecule has 1 heterocycles. The molecule has 0 aliphatic carbocycles. The van der Waals surface area contributed by atoms with Gasteiger partial charge in [0.15, 0.2) is 6.10 Å². The predicted octanol–water partition coefficient (Wildman–Crippen LogP) is 3.75. The maximum absolute atomic E-state index is 12.9. The molecule has 2 aromatic rings. The Hall–Kier alpha value is -2.57. The number of hydrogen-bond donors (Lipinski definition) is 1. The van der Waals surface area contributed by atoms with Crippen LogP contribution in [0.3, 0.4) is 0 Å². The lowest BCUT2D eigenvalue weighted by atomic mass is 10.1. The lowest BCUT2D eigenvalue weighted by Gasteiger charge is -2.20. The van der Waals surface area contributed by atoms with Crippen LogP contribution in [0.25, 0.3) is 0 Å². The summed E-state index contributed by atoms with van der Waals surface area (Å²) in [6, 6.07) is 7.98. The number of benzene rings is 1. The van der Waals surface area contributed by atoms with E-state index in [1.54, 1.807) is 31.5 Å². The molecule has 2 rings (SSSR count). The Kier molecular flexibility index (Phi) is 5.43. The number of carbonyl (C=O) groups excluding carboxylic acids is 1. The minimum absolute atomic E-state index is 0.315. The highest BCUT2D eigenvalue weighted by Gasteiger charge is 2.34. The van der Waals surface area contributed by atoms with Crippen LogP contribution in [0.2, 0.25) is 0 Å². The van der Waals surface area contributed by atoms with E-state index in [1.165, 1.54) is 25.1 Å². The van der Waals surface area contributed by atoms with Crippen LogP contribution in [0.5, 0.6) is 5.75 Å². The standard InChI is InChI=1S/C17H17F3N2O2/c1-11(13-7-9-21-10-8-13)22-16(23)12(2)24-15-6-4-3-5-14(15)17(18,19)20/h3-12H,1-2H3,(H,22,23)/t11-,12-/m1/s1. The molecule has 0 saturated carbocycles. The van der Waals surface area contributed by atoms with E-state index >= 15 is 0 Å². The molecule has 0 bridgehead atoms. The third-order valence-corrected chi connectivity index (χ3v) is 3.43. The molecule has 0 aliphatic rings. The molecule has 24 heavy (non-hydrogen) atoms. The molecule has 4 nitrogen and oxygen atoms in total. The number of halogens is 3. The van der Waals surface area contributed by atoms with Crippen molar-refractivity contribution in [1.82, 2.24) is 10.3 Å². The van der Waals surface area contributed by atoms with Gasteiger partial charge in [-0.05, 0) is 43.7 Å². The topological polar surface area (TPSA) is 51.2 Å². The van der Waals surface area contributed by atoms with Gasteiger partial charge >= 0.3 is 6.18 Å². The fraction of sp³-hybridized carbons (Fsp3) is 0.294. The Morgan fingerprint density at radius 3 is 2.38 bits per heavy atom. The summed E-state index contributed by atoms with van der Waals surface area (Å²) in [6.07, 6.45) is -2.43. The summed E-state index contributed by atoms with van der Waals surface area (Å²) in [7, 11) is 0. The fourth-order valence-corrected chi connectivity index (χ4v) is 2.11. The molecule has 2 atom stereocenters. The van der Waals surface area contributed by atoms with Crippen LogP contribution in [0.1, 0.15) is 31.0 Å². The summed E-state index contributed by atoms with van der Waals surface area (Å²) in [6.45, 7) is 3.17. The van der Waals surface area contributed by atoms with Crippen LogP contribution in [0.4, 0.5) is 13.2 Å². The number of ether oxygens (including phenoxy) is 1. The van der Waals surface area contributed by atoms with Gasteiger partial charge in [0, 0.05) is 12.4 Å². The van der Waals surface area contributed by atoms with Crippen LogP contribution in [-0.4, -0.2) is 17.0 Å². The first-order valence-electron chi connectivity index (χ1n) is 7.32. The van der Waals surface area contributed by atoms with Crippen molar-refractivity contribution in [3.05, 3.63) is 59.9 Å². The molecule has 0 fully saturated rings. The maximum atomic E-state index is 12.9. The highest BCUT2D eigenvalue weighted by Crippen LogP contribution is 2.36. The highest BCUT2D eigenvalue weighted by molar-refractivity contribution is 5.81. The quantitative estimate of drug-likeness (QED) is 0.903. The number of alkyl halides is 3. The van der Waals surface area contributed by atoms with Crippen molar-refractivity contribution in [2.24, 2.45) is 0 Å². The van der Waals surface area contributed by atoms with Crippen molar-refractivity contribution >= 4 is 5.91 Å². The predicted molar refractivity (Wildman–Crippen MR) is 82.3 cm³/mol. The summed E-state index contributed by atoms with van der Waals surface area (Å²) in [5, 5.41) is 2.70. The van der Waals surface area contributed by atoms with Crippen molar-refractivity contribution in [3.8, 4) is 5.75 Å². The van der Waals surface area contributed by atoms with E-state index < -0.39 is 23.8 Å². The normalized spacial score (nSPS) is 13.9. The largest absolute Gasteiger partial charge is 0.480 e. The van der Waals surface area contributed by atoms with Gasteiger partial charge in [0.25, 0.3) is 5.91 Å². The van der Waals surface area contributed by atoms with Crippen molar-refractivity contribution in [3.63, 3.8) is 0 Å². The van der Waals surface area contributed by atoms with E-state index in [2.05, 4.69) is 10.3 Å². The highest BCUT2D eigenvalue weighted by atomic mass is 19.4. The summed E-state index contributed by atoms with van der Waals surface area (Å²) in [5.41, 5.74) is -0.0759. The number of para-hydroxylation sites is 1. The molecule has 0 aliphatic heterocycles. The second-order valence-corrected chi connectivity index (χ2v) is 5.26. The third-order valence-electron chi connectivity index (χ3n) is 3.43. The molecule has 1 amide bonds. The summed E-state index contributed by atoms with van der Waals surface area (Å²) in [4.78, 5) is 16.0. The molecular weight excluding hydrogens is 321 g/mol. The van der Waals surface area contributed by atoms with Crippen LogP contribution in [0, 0.1) is 0 Å². The Bertz CT molecular complexity index is 690. The van der Waals surface area contributed by atoms with Gasteiger partial charge < -0.3 is 10.1 Å². The van der Waals surface area contributed by atoms with Gasteiger partial charge in [0.1, 0.15) is 5.75 Å². The van der Waals surface area contributed by atoms with Gasteiger partial charge in [0.2, 0.25) is 0 Å². The Morgan fingerprint density at radius 2 is 1.75 bits per heavy atom. The lowest BCUT2D eigenvalue weighted by molar-refractivity contribution is -0.140. The summed E-state index contributed by atoms with van der Waals surface area (Å²) in [5.74, 6) is -0.875. The van der Waals surface area contributed by atoms with E-state index in [9.17, 15) is 18.0 Å². The molecule has 0 radical (unpaired) electrons. The molecule has 1 N–H and O–H groups in total. The second kappa shape index (κ2) is 7.33. The average molecular weight is 338 g/mol. The SMILES string of the molecule is C[C@@H](Oc1ccccc1C(F)(F)F)C(=O)N[C@H](C)c1ccncc1. The van der Waals surface area contributed by atoms with Crippen LogP contribution in [0.15, 0.2) is 48.8 Å². The zero-order valence-electron chi connectivity index (χ0n) is 13.2. The van der Waals surface area contributed by atoms with Crippen molar-refractivity contribution in [1.29, 1.82) is 0 Å². The van der Waals surface area contributed by atoms with Crippen LogP contribution >= 0.6 is 0 Å². The monoisotopic (exact) mass is 338 g/mol. The first-order valence-corrected chi connectivity index (χ1v) is 7.32. The molecule has 1 aromatic heterocycles. The number of pyridine rings is 1. The number of hydrogen-bond acceptors (Lipinski definition) is 3. The van der Waals surface area contributed by atoms with Crippen LogP contribution in [-0.2, 0) is 11.0 Å². The Labute approximate surface area is 137 Å². The maximum Gasteiger partial charge on any atom is 0.419 e. The number of aromatic nitrogens is 1. The molecule has 0 saturated heterocycles. The minimum Gasteiger partial charge on any atom is -0.480 e. The molecule has 128 valence electrons. The first-order chi connectivity index (χ1) is 11.3. The lowest BCUT2D eigenvalue weighted by Crippen LogP contribution is -2.38. The van der Waals surface area contributed by atoms with E-state index in [1.807, 2.05) is 0 Å². The van der Waals surface area contributed by atoms with Gasteiger partial charge in [0.05, 0.1) is 11.6 Å². The molecule has 0 spiro atoms. The van der Waals surface area contributed by atoms with Crippen molar-refractivity contribution in [2.45, 2.75) is 32.2 Å². The van der Waals surface area contributed by atoms with E-state index in [-0.39, 0.29) is 11.8 Å². The zero-order valence-corrected chi connectivity index (χ0v) is 13.2. The smallest absolute Gasteiger partial charge is 0.419 e. The van der Waals surface area contributed by atoms with Crippen molar-refractivity contribution in [2.75, 3.05) is 0 Å². The second-order valence-electron chi connectivity index (χ2n) is 5.26. The van der Waals surface area contributed by atoms with Crippen LogP contribution < -0.4 is 10.1 Å². The Morgan fingerprint density at radius 1 is 1.12 bits per heavy atom. The summed E-state index contributed by atoms with van der Waals surface area (Å²) < 4.78 is 44.1. The van der Waals surface area contributed by atoms with Gasteiger partial charge in [-0.3, -0.25) is 9.78 Å². The minimum atomic E-state index is -4.54. The molecule has 7 heteroatoms. The number of nitrogens with zero attached hydrogens (tertiary/aromatic N) is 1. The van der Waals surface area contributed by atoms with E-state index in [0.29, 0.717) is 0 Å². The zero-order chi connectivity index (χ0) is 17.7. The first kappa shape index (κ1) is 17.8. The average Bonchev–Trinajstić information content (AvgIpc) is 2.55. The van der Waals surface area contributed by atoms with Gasteiger partial charge in [-0.2, -0.15) is 13.2 Å². The van der Waals surface area contributed by atoms with E-state index in [4.69, 9.17) is 4.74 Å². The third kappa shape index (κ3) is 4.47. The fourth-order valence-electron chi connectivity index (χ4n) is 2.11. The summed E-state index contributed by atoms with van der Waals surface area (Å²) >= 11 is 0. The Balaban J connectivity index is 2.05. The number of nitrogens with one attached hydrogen (secondary N) is 1. The van der Waals surface area contributed by atoms with Gasteiger partial charge in [-0.25, -0.2) is 0 Å². The van der Waals surface area contributed by atoms with Gasteiger partial charge in [-0.1, -0.05) is 12.1 Å². The number of carbonyl (C=O) groups is 1.